The van der Waals surface area contributed by atoms with Crippen molar-refractivity contribution in [2.24, 2.45) is 0 Å². The molecule has 0 aromatic heterocycles. The van der Waals surface area contributed by atoms with Gasteiger partial charge >= 0.3 is 6.09 Å². The molecule has 0 heterocycles. The molecule has 0 bridgehead atoms. The summed E-state index contributed by atoms with van der Waals surface area (Å²) in [5.74, 6) is 0. The van der Waals surface area contributed by atoms with Crippen molar-refractivity contribution >= 4 is 6.09 Å². The van der Waals surface area contributed by atoms with E-state index in [1.54, 1.807) is 20.8 Å². The number of carbonyl (C=O) groups excluding carboxylic acids is 1. The summed E-state index contributed by atoms with van der Waals surface area (Å²) in [4.78, 5) is 11.0. The SMILES string of the molecule is [2H]CC(C)(C)OC(=O)NC(O)CC. The Morgan fingerprint density at radius 3 is 2.83 bits per heavy atom. The highest BCUT2D eigenvalue weighted by Crippen LogP contribution is 2.06. The maximum atomic E-state index is 11.0. The highest BCUT2D eigenvalue weighted by atomic mass is 16.6. The number of ether oxygens (including phenoxy) is 1. The minimum Gasteiger partial charge on any atom is -0.444 e. The molecule has 0 aromatic carbocycles. The molecular weight excluding hydrogens is 158 g/mol. The zero-order chi connectivity index (χ0) is 10.5. The monoisotopic (exact) mass is 176 g/mol. The fourth-order valence-electron chi connectivity index (χ4n) is 0.519. The molecule has 0 aromatic rings. The van der Waals surface area contributed by atoms with Crippen LogP contribution in [-0.4, -0.2) is 23.0 Å². The van der Waals surface area contributed by atoms with Gasteiger partial charge in [0.2, 0.25) is 0 Å². The number of rotatable bonds is 2. The second-order valence-electron chi connectivity index (χ2n) is 3.22. The lowest BCUT2D eigenvalue weighted by Gasteiger charge is -2.20. The summed E-state index contributed by atoms with van der Waals surface area (Å²) in [6, 6.07) is 0. The van der Waals surface area contributed by atoms with E-state index in [-0.39, 0.29) is 6.90 Å². The van der Waals surface area contributed by atoms with Crippen LogP contribution in [0.25, 0.3) is 0 Å². The summed E-state index contributed by atoms with van der Waals surface area (Å²) in [6.45, 7) is 5.00. The van der Waals surface area contributed by atoms with Gasteiger partial charge in [-0.3, -0.25) is 5.32 Å². The molecule has 2 N–H and O–H groups in total. The average molecular weight is 176 g/mol. The van der Waals surface area contributed by atoms with Crippen LogP contribution in [0.4, 0.5) is 4.79 Å². The van der Waals surface area contributed by atoms with Crippen LogP contribution in [-0.2, 0) is 4.74 Å². The Balaban J connectivity index is 3.87. The summed E-state index contributed by atoms with van der Waals surface area (Å²) in [7, 11) is 0. The van der Waals surface area contributed by atoms with Gasteiger partial charge in [-0.1, -0.05) is 6.92 Å². The number of hydrogen-bond donors (Lipinski definition) is 2. The smallest absolute Gasteiger partial charge is 0.409 e. The largest absolute Gasteiger partial charge is 0.444 e. The van der Waals surface area contributed by atoms with E-state index >= 15 is 0 Å². The van der Waals surface area contributed by atoms with Crippen molar-refractivity contribution in [3.05, 3.63) is 0 Å². The lowest BCUT2D eigenvalue weighted by Crippen LogP contribution is -2.38. The standard InChI is InChI=1S/C8H17NO3/c1-5-6(10)9-7(11)12-8(2,3)4/h6,10H,5H2,1-4H3,(H,9,11)/i2D. The van der Waals surface area contributed by atoms with Gasteiger partial charge in [-0.25, -0.2) is 4.79 Å². The van der Waals surface area contributed by atoms with Crippen LogP contribution in [0, 0.1) is 0 Å². The first kappa shape index (κ1) is 9.32. The highest BCUT2D eigenvalue weighted by Gasteiger charge is 2.17. The molecule has 1 atom stereocenters. The molecule has 4 nitrogen and oxygen atoms in total. The maximum Gasteiger partial charge on any atom is 0.409 e. The molecule has 0 aliphatic rings. The van der Waals surface area contributed by atoms with Crippen LogP contribution in [0.3, 0.4) is 0 Å². The molecule has 72 valence electrons. The van der Waals surface area contributed by atoms with Gasteiger partial charge < -0.3 is 9.84 Å². The first-order valence-electron chi connectivity index (χ1n) is 4.59. The molecule has 0 fully saturated rings. The first-order valence-corrected chi connectivity index (χ1v) is 3.88. The van der Waals surface area contributed by atoms with Gasteiger partial charge in [-0.05, 0) is 27.2 Å². The Hall–Kier alpha value is -0.770. The number of alkyl carbamates (subject to hydrolysis) is 1. The van der Waals surface area contributed by atoms with Crippen molar-refractivity contribution in [3.8, 4) is 0 Å². The minimum absolute atomic E-state index is 0.0113. The van der Waals surface area contributed by atoms with E-state index in [1.807, 2.05) is 0 Å². The first-order chi connectivity index (χ1) is 5.91. The molecule has 1 amide bonds. The Kier molecular flexibility index (Phi) is 3.34. The van der Waals surface area contributed by atoms with Crippen molar-refractivity contribution in [2.75, 3.05) is 0 Å². The molecule has 4 heteroatoms. The molecular formula is C8H17NO3. The van der Waals surface area contributed by atoms with Gasteiger partial charge in [-0.15, -0.1) is 0 Å². The quantitative estimate of drug-likeness (QED) is 0.622. The van der Waals surface area contributed by atoms with E-state index in [4.69, 9.17) is 11.2 Å². The van der Waals surface area contributed by atoms with Gasteiger partial charge in [-0.2, -0.15) is 0 Å². The predicted octanol–water partition coefficient (Wildman–Crippen LogP) is 1.24. The van der Waals surface area contributed by atoms with Crippen molar-refractivity contribution in [1.82, 2.24) is 5.32 Å². The van der Waals surface area contributed by atoms with Crippen LogP contribution < -0.4 is 5.32 Å². The lowest BCUT2D eigenvalue weighted by molar-refractivity contribution is 0.0353. The number of aliphatic hydroxyl groups excluding tert-OH is 1. The number of aliphatic hydroxyl groups is 1. The van der Waals surface area contributed by atoms with Crippen LogP contribution in [0.5, 0.6) is 0 Å². The van der Waals surface area contributed by atoms with Gasteiger partial charge in [0.25, 0.3) is 0 Å². The van der Waals surface area contributed by atoms with E-state index in [2.05, 4.69) is 5.32 Å². The Labute approximate surface area is 74.3 Å². The highest BCUT2D eigenvalue weighted by molar-refractivity contribution is 5.67. The van der Waals surface area contributed by atoms with Crippen LogP contribution in [0.1, 0.15) is 35.5 Å². The molecule has 0 saturated heterocycles. The van der Waals surface area contributed by atoms with Crippen LogP contribution in [0.15, 0.2) is 0 Å². The summed E-state index contributed by atoms with van der Waals surface area (Å²) < 4.78 is 11.9. The van der Waals surface area contributed by atoms with Gasteiger partial charge in [0, 0.05) is 1.37 Å². The van der Waals surface area contributed by atoms with Crippen LogP contribution >= 0.6 is 0 Å². The third-order valence-electron chi connectivity index (χ3n) is 1.04. The van der Waals surface area contributed by atoms with Crippen molar-refractivity contribution < 1.29 is 16.0 Å². The molecule has 0 radical (unpaired) electrons. The zero-order valence-electron chi connectivity index (χ0n) is 8.76. The molecule has 0 aliphatic heterocycles. The number of hydrogen-bond acceptors (Lipinski definition) is 3. The zero-order valence-corrected chi connectivity index (χ0v) is 7.76. The Morgan fingerprint density at radius 1 is 1.83 bits per heavy atom. The molecule has 1 unspecified atom stereocenters. The summed E-state index contributed by atoms with van der Waals surface area (Å²) in [5.41, 5.74) is -0.808. The van der Waals surface area contributed by atoms with Crippen molar-refractivity contribution in [2.45, 2.75) is 45.9 Å². The van der Waals surface area contributed by atoms with E-state index in [0.29, 0.717) is 6.42 Å². The van der Waals surface area contributed by atoms with Gasteiger partial charge in [0.05, 0.1) is 0 Å². The average Bonchev–Trinajstić information content (AvgIpc) is 2.03. The summed E-state index contributed by atoms with van der Waals surface area (Å²) >= 11 is 0. The maximum absolute atomic E-state index is 11.0. The molecule has 0 spiro atoms. The van der Waals surface area contributed by atoms with Crippen LogP contribution in [0.2, 0.25) is 0 Å². The van der Waals surface area contributed by atoms with Gasteiger partial charge in [0.15, 0.2) is 0 Å². The lowest BCUT2D eigenvalue weighted by atomic mass is 10.2. The molecule has 0 aliphatic carbocycles. The normalized spacial score (nSPS) is 14.8. The van der Waals surface area contributed by atoms with Crippen molar-refractivity contribution in [1.29, 1.82) is 0 Å². The Bertz CT molecular complexity index is 173. The number of nitrogens with one attached hydrogen (secondary N) is 1. The topological polar surface area (TPSA) is 58.6 Å². The number of amides is 1. The fourth-order valence-corrected chi connectivity index (χ4v) is 0.519. The Morgan fingerprint density at radius 2 is 2.42 bits per heavy atom. The third-order valence-corrected chi connectivity index (χ3v) is 1.04. The number of carbonyl (C=O) groups is 1. The summed E-state index contributed by atoms with van der Waals surface area (Å²) in [6.07, 6.45) is -1.14. The predicted molar refractivity (Wildman–Crippen MR) is 45.7 cm³/mol. The summed E-state index contributed by atoms with van der Waals surface area (Å²) in [5, 5.41) is 11.3. The third kappa shape index (κ3) is 5.97. The second kappa shape index (κ2) is 4.30. The van der Waals surface area contributed by atoms with E-state index in [9.17, 15) is 4.79 Å². The molecule has 0 rings (SSSR count). The molecule has 12 heavy (non-hydrogen) atoms. The second-order valence-corrected chi connectivity index (χ2v) is 3.22. The van der Waals surface area contributed by atoms with Crippen molar-refractivity contribution in [3.63, 3.8) is 0 Å². The van der Waals surface area contributed by atoms with E-state index in [0.717, 1.165) is 0 Å². The minimum atomic E-state index is -0.881. The molecule has 0 saturated carbocycles. The fraction of sp³-hybridized carbons (Fsp3) is 0.875. The van der Waals surface area contributed by atoms with E-state index in [1.165, 1.54) is 0 Å². The van der Waals surface area contributed by atoms with Gasteiger partial charge in [0.1, 0.15) is 11.8 Å². The van der Waals surface area contributed by atoms with E-state index < -0.39 is 17.9 Å².